The van der Waals surface area contributed by atoms with E-state index in [1.165, 1.54) is 0 Å². The van der Waals surface area contributed by atoms with E-state index >= 15 is 0 Å². The van der Waals surface area contributed by atoms with E-state index < -0.39 is 5.41 Å². The van der Waals surface area contributed by atoms with Crippen LogP contribution in [0.15, 0.2) is 36.5 Å². The topological polar surface area (TPSA) is 65.2 Å². The number of esters is 1. The highest BCUT2D eigenvalue weighted by molar-refractivity contribution is 5.85. The van der Waals surface area contributed by atoms with Crippen LogP contribution in [0.5, 0.6) is 0 Å². The zero-order valence-electron chi connectivity index (χ0n) is 12.5. The highest BCUT2D eigenvalue weighted by Gasteiger charge is 2.24. The van der Waals surface area contributed by atoms with Crippen molar-refractivity contribution in [2.45, 2.75) is 26.8 Å². The van der Waals surface area contributed by atoms with Crippen LogP contribution in [-0.4, -0.2) is 17.6 Å². The minimum absolute atomic E-state index is 0. The van der Waals surface area contributed by atoms with Gasteiger partial charge in [-0.05, 0) is 38.5 Å². The molecule has 21 heavy (non-hydrogen) atoms. The minimum atomic E-state index is -0.514. The first-order valence-corrected chi connectivity index (χ1v) is 6.66. The van der Waals surface area contributed by atoms with E-state index in [4.69, 9.17) is 10.5 Å². The Labute approximate surface area is 131 Å². The molecule has 0 aliphatic rings. The van der Waals surface area contributed by atoms with Gasteiger partial charge in [-0.25, -0.2) is 0 Å². The minimum Gasteiger partial charge on any atom is -0.463 e. The van der Waals surface area contributed by atoms with Gasteiger partial charge in [0, 0.05) is 11.6 Å². The third kappa shape index (κ3) is 4.16. The van der Waals surface area contributed by atoms with Crippen LogP contribution in [0, 0.1) is 5.41 Å². The van der Waals surface area contributed by atoms with E-state index in [0.717, 1.165) is 16.5 Å². The van der Waals surface area contributed by atoms with E-state index in [1.54, 1.807) is 6.20 Å². The molecule has 114 valence electrons. The molecule has 0 fully saturated rings. The zero-order valence-corrected chi connectivity index (χ0v) is 13.3. The van der Waals surface area contributed by atoms with Gasteiger partial charge in [0.2, 0.25) is 0 Å². The van der Waals surface area contributed by atoms with Crippen LogP contribution in [0.25, 0.3) is 10.9 Å². The number of hydrogen-bond donors (Lipinski definition) is 1. The molecule has 0 bridgehead atoms. The monoisotopic (exact) mass is 308 g/mol. The molecule has 0 spiro atoms. The molecule has 1 aromatic heterocycles. The quantitative estimate of drug-likeness (QED) is 0.884. The molecule has 1 aromatic carbocycles. The standard InChI is InChI=1S/C16H20N2O2.ClH/c1-16(2,3)15(19)20-10-13(17)11-8-9-18-14-7-5-4-6-12(11)14;/h4-9,13H,10,17H2,1-3H3;1H. The molecule has 0 aliphatic carbocycles. The third-order valence-electron chi connectivity index (χ3n) is 3.09. The molecule has 1 atom stereocenters. The Morgan fingerprint density at radius 2 is 1.95 bits per heavy atom. The Morgan fingerprint density at radius 3 is 2.62 bits per heavy atom. The number of carbonyl (C=O) groups is 1. The molecule has 0 saturated heterocycles. The number of pyridine rings is 1. The molecule has 0 amide bonds. The zero-order chi connectivity index (χ0) is 14.8. The molecule has 0 radical (unpaired) electrons. The van der Waals surface area contributed by atoms with Gasteiger partial charge in [0.05, 0.1) is 17.0 Å². The van der Waals surface area contributed by atoms with E-state index in [0.29, 0.717) is 0 Å². The molecule has 4 nitrogen and oxygen atoms in total. The van der Waals surface area contributed by atoms with Crippen molar-refractivity contribution >= 4 is 29.3 Å². The summed E-state index contributed by atoms with van der Waals surface area (Å²) in [7, 11) is 0. The maximum absolute atomic E-state index is 11.8. The summed E-state index contributed by atoms with van der Waals surface area (Å²) in [4.78, 5) is 16.1. The lowest BCUT2D eigenvalue weighted by Crippen LogP contribution is -2.27. The fraction of sp³-hybridized carbons (Fsp3) is 0.375. The van der Waals surface area contributed by atoms with Crippen LogP contribution in [0.2, 0.25) is 0 Å². The molecule has 1 heterocycles. The first-order chi connectivity index (χ1) is 9.39. The summed E-state index contributed by atoms with van der Waals surface area (Å²) in [5.74, 6) is -0.244. The molecular formula is C16H21ClN2O2. The number of benzene rings is 1. The molecular weight excluding hydrogens is 288 g/mol. The van der Waals surface area contributed by atoms with Gasteiger partial charge in [-0.2, -0.15) is 0 Å². The van der Waals surface area contributed by atoms with E-state index in [9.17, 15) is 4.79 Å². The van der Waals surface area contributed by atoms with Gasteiger partial charge in [0.25, 0.3) is 0 Å². The summed E-state index contributed by atoms with van der Waals surface area (Å²) in [6.07, 6.45) is 1.73. The normalized spacial score (nSPS) is 12.6. The smallest absolute Gasteiger partial charge is 0.311 e. The number of para-hydroxylation sites is 1. The summed E-state index contributed by atoms with van der Waals surface area (Å²) in [5.41, 5.74) is 7.47. The Balaban J connectivity index is 0.00000220. The predicted molar refractivity (Wildman–Crippen MR) is 86.3 cm³/mol. The van der Waals surface area contributed by atoms with Gasteiger partial charge in [-0.1, -0.05) is 18.2 Å². The van der Waals surface area contributed by atoms with Crippen molar-refractivity contribution in [1.82, 2.24) is 4.98 Å². The molecule has 2 N–H and O–H groups in total. The highest BCUT2D eigenvalue weighted by atomic mass is 35.5. The van der Waals surface area contributed by atoms with Crippen molar-refractivity contribution < 1.29 is 9.53 Å². The maximum atomic E-state index is 11.8. The predicted octanol–water partition coefficient (Wildman–Crippen LogP) is 3.25. The average molecular weight is 309 g/mol. The number of hydrogen-bond acceptors (Lipinski definition) is 4. The van der Waals surface area contributed by atoms with Crippen molar-refractivity contribution in [1.29, 1.82) is 0 Å². The van der Waals surface area contributed by atoms with E-state index in [1.807, 2.05) is 51.1 Å². The summed E-state index contributed by atoms with van der Waals surface area (Å²) in [5, 5.41) is 0.995. The fourth-order valence-electron chi connectivity index (χ4n) is 1.91. The van der Waals surface area contributed by atoms with Gasteiger partial charge >= 0.3 is 5.97 Å². The van der Waals surface area contributed by atoms with Gasteiger partial charge < -0.3 is 10.5 Å². The second-order valence-corrected chi connectivity index (χ2v) is 5.87. The van der Waals surface area contributed by atoms with Crippen LogP contribution in [-0.2, 0) is 9.53 Å². The molecule has 2 rings (SSSR count). The summed E-state index contributed by atoms with van der Waals surface area (Å²) in [6, 6.07) is 9.31. The van der Waals surface area contributed by atoms with Crippen LogP contribution >= 0.6 is 12.4 Å². The van der Waals surface area contributed by atoms with Crippen molar-refractivity contribution in [3.05, 3.63) is 42.1 Å². The highest BCUT2D eigenvalue weighted by Crippen LogP contribution is 2.22. The number of nitrogens with zero attached hydrogens (tertiary/aromatic N) is 1. The lowest BCUT2D eigenvalue weighted by molar-refractivity contribution is -0.153. The van der Waals surface area contributed by atoms with Crippen LogP contribution in [0.3, 0.4) is 0 Å². The summed E-state index contributed by atoms with van der Waals surface area (Å²) in [6.45, 7) is 5.64. The Kier molecular flexibility index (Phi) is 5.70. The average Bonchev–Trinajstić information content (AvgIpc) is 2.42. The van der Waals surface area contributed by atoms with Gasteiger partial charge in [-0.15, -0.1) is 12.4 Å². The maximum Gasteiger partial charge on any atom is 0.311 e. The first kappa shape index (κ1) is 17.4. The Morgan fingerprint density at radius 1 is 1.29 bits per heavy atom. The Hall–Kier alpha value is -1.65. The number of fused-ring (bicyclic) bond motifs is 1. The van der Waals surface area contributed by atoms with E-state index in [2.05, 4.69) is 4.98 Å². The van der Waals surface area contributed by atoms with Crippen molar-refractivity contribution in [3.8, 4) is 0 Å². The van der Waals surface area contributed by atoms with Crippen molar-refractivity contribution in [2.24, 2.45) is 11.1 Å². The largest absolute Gasteiger partial charge is 0.463 e. The van der Waals surface area contributed by atoms with E-state index in [-0.39, 0.29) is 31.0 Å². The molecule has 1 unspecified atom stereocenters. The second kappa shape index (κ2) is 6.87. The van der Waals surface area contributed by atoms with Gasteiger partial charge in [-0.3, -0.25) is 9.78 Å². The number of halogens is 1. The van der Waals surface area contributed by atoms with Gasteiger partial charge in [0.15, 0.2) is 0 Å². The fourth-order valence-corrected chi connectivity index (χ4v) is 1.91. The lowest BCUT2D eigenvalue weighted by atomic mass is 9.97. The summed E-state index contributed by atoms with van der Waals surface area (Å²) >= 11 is 0. The van der Waals surface area contributed by atoms with Crippen LogP contribution in [0.4, 0.5) is 0 Å². The number of nitrogens with two attached hydrogens (primary N) is 1. The van der Waals surface area contributed by atoms with Crippen molar-refractivity contribution in [3.63, 3.8) is 0 Å². The summed E-state index contributed by atoms with van der Waals surface area (Å²) < 4.78 is 5.29. The first-order valence-electron chi connectivity index (χ1n) is 6.66. The van der Waals surface area contributed by atoms with Gasteiger partial charge in [0.1, 0.15) is 6.61 Å². The number of ether oxygens (including phenoxy) is 1. The lowest BCUT2D eigenvalue weighted by Gasteiger charge is -2.19. The van der Waals surface area contributed by atoms with Crippen LogP contribution < -0.4 is 5.73 Å². The Bertz CT molecular complexity index is 618. The molecule has 5 heteroatoms. The number of aromatic nitrogens is 1. The molecule has 0 aliphatic heterocycles. The second-order valence-electron chi connectivity index (χ2n) is 5.87. The van der Waals surface area contributed by atoms with Crippen LogP contribution in [0.1, 0.15) is 32.4 Å². The molecule has 0 saturated carbocycles. The molecule has 2 aromatic rings. The number of carbonyl (C=O) groups excluding carboxylic acids is 1. The SMILES string of the molecule is CC(C)(C)C(=O)OCC(N)c1ccnc2ccccc12.Cl. The third-order valence-corrected chi connectivity index (χ3v) is 3.09. The number of rotatable bonds is 3. The van der Waals surface area contributed by atoms with Crippen molar-refractivity contribution in [2.75, 3.05) is 6.61 Å².